The molecule has 138 valence electrons. The molecule has 1 unspecified atom stereocenters. The van der Waals surface area contributed by atoms with Crippen molar-refractivity contribution in [3.63, 3.8) is 0 Å². The van der Waals surface area contributed by atoms with E-state index < -0.39 is 7.12 Å². The van der Waals surface area contributed by atoms with Crippen molar-refractivity contribution in [2.24, 2.45) is 5.92 Å². The van der Waals surface area contributed by atoms with Crippen LogP contribution in [0.4, 0.5) is 17.5 Å². The van der Waals surface area contributed by atoms with Crippen LogP contribution in [-0.4, -0.2) is 28.2 Å². The molecular weight excluding hydrogens is 341 g/mol. The summed E-state index contributed by atoms with van der Waals surface area (Å²) in [6.07, 6.45) is 5.95. The maximum atomic E-state index is 9.73. The van der Waals surface area contributed by atoms with E-state index in [0.29, 0.717) is 12.6 Å². The second-order valence-electron chi connectivity index (χ2n) is 7.20. The first-order chi connectivity index (χ1) is 13.1. The first-order valence-corrected chi connectivity index (χ1v) is 9.33. The van der Waals surface area contributed by atoms with Crippen LogP contribution in [0.15, 0.2) is 24.4 Å². The molecule has 0 amide bonds. The van der Waals surface area contributed by atoms with Crippen molar-refractivity contribution in [2.75, 3.05) is 10.6 Å². The molecule has 7 nitrogen and oxygen atoms in total. The first kappa shape index (κ1) is 17.8. The molecule has 0 radical (unpaired) electrons. The molecule has 1 fully saturated rings. The molecule has 3 N–H and O–H groups in total. The highest BCUT2D eigenvalue weighted by molar-refractivity contribution is 6.61. The van der Waals surface area contributed by atoms with Gasteiger partial charge >= 0.3 is 7.12 Å². The smallest absolute Gasteiger partial charge is 0.423 e. The van der Waals surface area contributed by atoms with Gasteiger partial charge in [-0.05, 0) is 42.9 Å². The zero-order valence-corrected chi connectivity index (χ0v) is 15.3. The average molecular weight is 363 g/mol. The van der Waals surface area contributed by atoms with E-state index in [1.807, 2.05) is 25.1 Å². The molecular formula is C19H22BN5O2. The number of nitrogens with one attached hydrogen (secondary N) is 2. The van der Waals surface area contributed by atoms with Crippen molar-refractivity contribution in [1.82, 2.24) is 9.97 Å². The second kappa shape index (κ2) is 7.55. The Balaban J connectivity index is 1.51. The van der Waals surface area contributed by atoms with Gasteiger partial charge in [0.15, 0.2) is 0 Å². The van der Waals surface area contributed by atoms with E-state index in [4.69, 9.17) is 4.65 Å². The summed E-state index contributed by atoms with van der Waals surface area (Å²) in [6, 6.07) is 8.21. The molecule has 1 aliphatic heterocycles. The summed E-state index contributed by atoms with van der Waals surface area (Å²) in [4.78, 5) is 8.98. The maximum Gasteiger partial charge on any atom is 0.491 e. The number of rotatable bonds is 4. The summed E-state index contributed by atoms with van der Waals surface area (Å²) in [7, 11) is -0.843. The Labute approximate surface area is 158 Å². The van der Waals surface area contributed by atoms with Crippen LogP contribution >= 0.6 is 0 Å². The predicted octanol–water partition coefficient (Wildman–Crippen LogP) is 2.24. The number of nitriles is 1. The van der Waals surface area contributed by atoms with Gasteiger partial charge in [0.2, 0.25) is 5.95 Å². The molecule has 2 aromatic rings. The van der Waals surface area contributed by atoms with Gasteiger partial charge in [-0.25, -0.2) is 4.98 Å². The summed E-state index contributed by atoms with van der Waals surface area (Å²) in [5.41, 5.74) is 3.55. The van der Waals surface area contributed by atoms with Gasteiger partial charge in [0.25, 0.3) is 0 Å². The Bertz CT molecular complexity index is 885. The molecule has 2 heterocycles. The van der Waals surface area contributed by atoms with Crippen molar-refractivity contribution in [3.8, 4) is 6.07 Å². The van der Waals surface area contributed by atoms with Crippen LogP contribution in [0.3, 0.4) is 0 Å². The van der Waals surface area contributed by atoms with Crippen LogP contribution in [0.25, 0.3) is 0 Å². The fraction of sp³-hybridized carbons (Fsp3) is 0.421. The van der Waals surface area contributed by atoms with Gasteiger partial charge in [0.05, 0.1) is 18.6 Å². The lowest BCUT2D eigenvalue weighted by molar-refractivity contribution is 0.275. The third-order valence-corrected chi connectivity index (χ3v) is 5.29. The summed E-state index contributed by atoms with van der Waals surface area (Å²) >= 11 is 0. The number of nitrogens with zero attached hydrogens (tertiary/aromatic N) is 3. The van der Waals surface area contributed by atoms with E-state index in [-0.39, 0.29) is 12.0 Å². The Hall–Kier alpha value is -2.63. The minimum atomic E-state index is -0.843. The van der Waals surface area contributed by atoms with E-state index in [2.05, 4.69) is 26.7 Å². The zero-order valence-electron chi connectivity index (χ0n) is 15.3. The van der Waals surface area contributed by atoms with Crippen molar-refractivity contribution in [3.05, 3.63) is 35.5 Å². The topological polar surface area (TPSA) is 103 Å². The number of hydrogen-bond donors (Lipinski definition) is 3. The molecule has 2 atom stereocenters. The molecule has 0 spiro atoms. The third-order valence-electron chi connectivity index (χ3n) is 5.29. The minimum Gasteiger partial charge on any atom is -0.423 e. The highest BCUT2D eigenvalue weighted by Crippen LogP contribution is 2.28. The van der Waals surface area contributed by atoms with Crippen LogP contribution in [0.1, 0.15) is 36.8 Å². The Kier molecular flexibility index (Phi) is 4.97. The SMILES string of the molecule is Cc1cnc(Nc2ccc3c(c2)COB3O)nc1NC1CCCC[C@@H]1C#N. The molecule has 1 aliphatic carbocycles. The predicted molar refractivity (Wildman–Crippen MR) is 104 cm³/mol. The average Bonchev–Trinajstić information content (AvgIpc) is 3.05. The van der Waals surface area contributed by atoms with E-state index in [1.54, 1.807) is 6.20 Å². The molecule has 0 bridgehead atoms. The molecule has 2 aliphatic rings. The monoisotopic (exact) mass is 363 g/mol. The molecule has 27 heavy (non-hydrogen) atoms. The number of benzene rings is 1. The number of anilines is 3. The lowest BCUT2D eigenvalue weighted by Gasteiger charge is -2.28. The first-order valence-electron chi connectivity index (χ1n) is 9.33. The zero-order chi connectivity index (χ0) is 18.8. The summed E-state index contributed by atoms with van der Waals surface area (Å²) in [6.45, 7) is 2.36. The van der Waals surface area contributed by atoms with Crippen LogP contribution in [0.2, 0.25) is 0 Å². The highest BCUT2D eigenvalue weighted by Gasteiger charge is 2.27. The van der Waals surface area contributed by atoms with Crippen molar-refractivity contribution in [1.29, 1.82) is 5.26 Å². The van der Waals surface area contributed by atoms with Crippen LogP contribution < -0.4 is 16.1 Å². The van der Waals surface area contributed by atoms with Gasteiger partial charge in [-0.3, -0.25) is 0 Å². The van der Waals surface area contributed by atoms with Crippen LogP contribution in [0, 0.1) is 24.2 Å². The largest absolute Gasteiger partial charge is 0.491 e. The lowest BCUT2D eigenvalue weighted by atomic mass is 9.79. The number of aromatic nitrogens is 2. The number of hydrogen-bond acceptors (Lipinski definition) is 7. The summed E-state index contributed by atoms with van der Waals surface area (Å²) < 4.78 is 5.23. The van der Waals surface area contributed by atoms with E-state index in [9.17, 15) is 10.3 Å². The molecule has 1 saturated carbocycles. The van der Waals surface area contributed by atoms with Crippen molar-refractivity contribution >= 4 is 30.0 Å². The van der Waals surface area contributed by atoms with Gasteiger partial charge in [-0.1, -0.05) is 18.9 Å². The standard InChI is InChI=1S/C19H22BN5O2/c1-12-10-22-19(23-15-6-7-16-14(8-15)11-27-20(16)26)25-18(12)24-17-5-3-2-4-13(17)9-21/h6-8,10,13,17,26H,2-5,11H2,1H3,(H2,22,23,24,25)/t13-,17?/m1/s1. The number of aryl methyl sites for hydroxylation is 1. The maximum absolute atomic E-state index is 9.73. The quantitative estimate of drug-likeness (QED) is 0.716. The van der Waals surface area contributed by atoms with Crippen molar-refractivity contribution < 1.29 is 9.68 Å². The molecule has 0 saturated heterocycles. The van der Waals surface area contributed by atoms with E-state index in [0.717, 1.165) is 53.8 Å². The van der Waals surface area contributed by atoms with Gasteiger partial charge in [0, 0.05) is 23.5 Å². The van der Waals surface area contributed by atoms with E-state index >= 15 is 0 Å². The Morgan fingerprint density at radius 1 is 1.33 bits per heavy atom. The summed E-state index contributed by atoms with van der Waals surface area (Å²) in [5.74, 6) is 1.28. The number of fused-ring (bicyclic) bond motifs is 1. The molecule has 4 rings (SSSR count). The van der Waals surface area contributed by atoms with Crippen LogP contribution in [0.5, 0.6) is 0 Å². The normalized spacial score (nSPS) is 21.4. The summed E-state index contributed by atoms with van der Waals surface area (Å²) in [5, 5.41) is 25.8. The van der Waals surface area contributed by atoms with Gasteiger partial charge < -0.3 is 20.3 Å². The van der Waals surface area contributed by atoms with E-state index in [1.165, 1.54) is 0 Å². The van der Waals surface area contributed by atoms with Gasteiger partial charge in [-0.2, -0.15) is 10.2 Å². The van der Waals surface area contributed by atoms with Crippen molar-refractivity contribution in [2.45, 2.75) is 45.3 Å². The Morgan fingerprint density at radius 2 is 2.19 bits per heavy atom. The highest BCUT2D eigenvalue weighted by atomic mass is 16.5. The Morgan fingerprint density at radius 3 is 3.04 bits per heavy atom. The molecule has 8 heteroatoms. The van der Waals surface area contributed by atoms with Gasteiger partial charge in [-0.15, -0.1) is 0 Å². The fourth-order valence-electron chi connectivity index (χ4n) is 3.72. The third kappa shape index (κ3) is 3.75. The van der Waals surface area contributed by atoms with Crippen LogP contribution in [-0.2, 0) is 11.3 Å². The second-order valence-corrected chi connectivity index (χ2v) is 7.20. The molecule has 1 aromatic carbocycles. The fourth-order valence-corrected chi connectivity index (χ4v) is 3.72. The van der Waals surface area contributed by atoms with Gasteiger partial charge in [0.1, 0.15) is 5.82 Å². The molecule has 1 aromatic heterocycles. The lowest BCUT2D eigenvalue weighted by Crippen LogP contribution is -2.32. The minimum absolute atomic E-state index is 0.0210.